The number of hydrogen-bond donors (Lipinski definition) is 1. The van der Waals surface area contributed by atoms with Crippen LogP contribution in [0.5, 0.6) is 0 Å². The fourth-order valence-corrected chi connectivity index (χ4v) is 5.41. The van der Waals surface area contributed by atoms with Gasteiger partial charge in [0.2, 0.25) is 0 Å². The minimum absolute atomic E-state index is 0.0121. The molecule has 3 aromatic carbocycles. The Morgan fingerprint density at radius 2 is 1.62 bits per heavy atom. The lowest BCUT2D eigenvalue weighted by Gasteiger charge is -2.19. The average molecular weight is 525 g/mol. The molecule has 1 heterocycles. The van der Waals surface area contributed by atoms with Gasteiger partial charge in [-0.3, -0.25) is 4.57 Å². The van der Waals surface area contributed by atoms with Gasteiger partial charge in [-0.05, 0) is 80.0 Å². The maximum absolute atomic E-state index is 13.0. The summed E-state index contributed by atoms with van der Waals surface area (Å²) in [6.45, 7) is 9.87. The van der Waals surface area contributed by atoms with Crippen LogP contribution in [0.15, 0.2) is 72.9 Å². The second-order valence-corrected chi connectivity index (χ2v) is 11.3. The maximum Gasteiger partial charge on any atom is 0.419 e. The molecule has 1 aliphatic carbocycles. The predicted molar refractivity (Wildman–Crippen MR) is 154 cm³/mol. The van der Waals surface area contributed by atoms with Crippen molar-refractivity contribution in [2.75, 3.05) is 6.61 Å². The fourth-order valence-electron chi connectivity index (χ4n) is 5.41. The molecule has 1 aliphatic rings. The van der Waals surface area contributed by atoms with E-state index < -0.39 is 17.8 Å². The summed E-state index contributed by atoms with van der Waals surface area (Å²) in [5.74, 6) is 0.0121. The van der Waals surface area contributed by atoms with Gasteiger partial charge < -0.3 is 14.8 Å². The van der Waals surface area contributed by atoms with Gasteiger partial charge in [0.05, 0.1) is 5.52 Å². The highest BCUT2D eigenvalue weighted by Gasteiger charge is 2.29. The molecule has 0 fully saturated rings. The lowest BCUT2D eigenvalue weighted by atomic mass is 9.98. The zero-order valence-electron chi connectivity index (χ0n) is 23.3. The highest BCUT2D eigenvalue weighted by atomic mass is 16.6. The molecular formula is C33H36N2O4. The molecular weight excluding hydrogens is 488 g/mol. The molecule has 0 spiro atoms. The van der Waals surface area contributed by atoms with Crippen molar-refractivity contribution in [3.05, 3.63) is 95.2 Å². The summed E-state index contributed by atoms with van der Waals surface area (Å²) in [5, 5.41) is 3.95. The Hall–Kier alpha value is -4.06. The van der Waals surface area contributed by atoms with Crippen LogP contribution in [0.1, 0.15) is 62.8 Å². The number of nitrogens with zero attached hydrogens (tertiary/aromatic N) is 1. The third kappa shape index (κ3) is 5.56. The number of ether oxygens (including phenoxy) is 2. The first-order chi connectivity index (χ1) is 18.6. The number of nitrogens with one attached hydrogen (secondary N) is 1. The van der Waals surface area contributed by atoms with Crippen molar-refractivity contribution in [2.24, 2.45) is 0 Å². The zero-order chi connectivity index (χ0) is 27.7. The van der Waals surface area contributed by atoms with Crippen molar-refractivity contribution in [1.82, 2.24) is 9.88 Å². The number of aromatic nitrogens is 1. The number of carbonyl (C=O) groups excluding carboxylic acids is 2. The predicted octanol–water partition coefficient (Wildman–Crippen LogP) is 7.46. The number of amides is 1. The Morgan fingerprint density at radius 3 is 2.23 bits per heavy atom. The van der Waals surface area contributed by atoms with Crippen LogP contribution in [-0.4, -0.2) is 35.0 Å². The minimum atomic E-state index is -0.602. The van der Waals surface area contributed by atoms with Crippen molar-refractivity contribution in [1.29, 1.82) is 0 Å². The smallest absolute Gasteiger partial charge is 0.419 e. The number of aryl methyl sites for hydroxylation is 1. The first-order valence-corrected chi connectivity index (χ1v) is 13.6. The molecule has 6 nitrogen and oxygen atoms in total. The minimum Gasteiger partial charge on any atom is -0.449 e. The molecule has 0 saturated carbocycles. The van der Waals surface area contributed by atoms with Gasteiger partial charge in [-0.15, -0.1) is 0 Å². The topological polar surface area (TPSA) is 69.6 Å². The summed E-state index contributed by atoms with van der Waals surface area (Å²) in [4.78, 5) is 25.8. The van der Waals surface area contributed by atoms with E-state index in [4.69, 9.17) is 9.47 Å². The Kier molecular flexibility index (Phi) is 7.21. The quantitative estimate of drug-likeness (QED) is 0.284. The Balaban J connectivity index is 1.28. The molecule has 1 aromatic heterocycles. The van der Waals surface area contributed by atoms with Gasteiger partial charge in [0.15, 0.2) is 0 Å². The van der Waals surface area contributed by atoms with Crippen molar-refractivity contribution in [2.45, 2.75) is 65.0 Å². The Bertz CT molecular complexity index is 1480. The van der Waals surface area contributed by atoms with Gasteiger partial charge in [-0.25, -0.2) is 9.59 Å². The van der Waals surface area contributed by atoms with Crippen LogP contribution < -0.4 is 5.32 Å². The Morgan fingerprint density at radius 1 is 0.974 bits per heavy atom. The lowest BCUT2D eigenvalue weighted by Crippen LogP contribution is -2.35. The second kappa shape index (κ2) is 10.6. The summed E-state index contributed by atoms with van der Waals surface area (Å²) in [7, 11) is 0. The maximum atomic E-state index is 13.0. The second-order valence-electron chi connectivity index (χ2n) is 11.3. The van der Waals surface area contributed by atoms with E-state index in [-0.39, 0.29) is 18.6 Å². The van der Waals surface area contributed by atoms with Gasteiger partial charge in [0.25, 0.3) is 0 Å². The molecule has 6 heteroatoms. The lowest BCUT2D eigenvalue weighted by molar-refractivity contribution is 0.0544. The molecule has 1 unspecified atom stereocenters. The molecule has 5 rings (SSSR count). The summed E-state index contributed by atoms with van der Waals surface area (Å²) in [5.41, 5.74) is 7.07. The van der Waals surface area contributed by atoms with E-state index in [1.165, 1.54) is 22.3 Å². The number of carbonyl (C=O) groups is 2. The number of hydrogen-bond acceptors (Lipinski definition) is 4. The number of alkyl carbamates (subject to hydrolysis) is 1. The van der Waals surface area contributed by atoms with E-state index >= 15 is 0 Å². The van der Waals surface area contributed by atoms with Crippen LogP contribution in [0.4, 0.5) is 9.59 Å². The van der Waals surface area contributed by atoms with Crippen LogP contribution >= 0.6 is 0 Å². The number of benzene rings is 3. The average Bonchev–Trinajstić information content (AvgIpc) is 3.41. The molecule has 1 N–H and O–H groups in total. The molecule has 202 valence electrons. The van der Waals surface area contributed by atoms with Gasteiger partial charge in [0.1, 0.15) is 12.2 Å². The largest absolute Gasteiger partial charge is 0.449 e. The molecule has 1 atom stereocenters. The SMILES string of the molecule is CCc1ccc2c(CC(C)NC(=O)OCC3c4ccccc4-c4ccccc43)cn(C(=O)OC(C)(C)C)c2c1. The van der Waals surface area contributed by atoms with Gasteiger partial charge >= 0.3 is 12.2 Å². The molecule has 0 radical (unpaired) electrons. The van der Waals surface area contributed by atoms with Crippen molar-refractivity contribution in [3.8, 4) is 11.1 Å². The van der Waals surface area contributed by atoms with Crippen molar-refractivity contribution >= 4 is 23.1 Å². The van der Waals surface area contributed by atoms with E-state index in [0.29, 0.717) is 6.42 Å². The van der Waals surface area contributed by atoms with Crippen molar-refractivity contribution < 1.29 is 19.1 Å². The molecule has 0 aliphatic heterocycles. The highest BCUT2D eigenvalue weighted by Crippen LogP contribution is 2.44. The van der Waals surface area contributed by atoms with Crippen LogP contribution in [0.2, 0.25) is 0 Å². The third-order valence-corrected chi connectivity index (χ3v) is 7.19. The van der Waals surface area contributed by atoms with Crippen LogP contribution in [0, 0.1) is 0 Å². The molecule has 1 amide bonds. The summed E-state index contributed by atoms with van der Waals surface area (Å²) >= 11 is 0. The summed E-state index contributed by atoms with van der Waals surface area (Å²) in [6.07, 6.45) is 2.37. The van der Waals surface area contributed by atoms with Gasteiger partial charge in [-0.2, -0.15) is 0 Å². The molecule has 39 heavy (non-hydrogen) atoms. The van der Waals surface area contributed by atoms with E-state index in [0.717, 1.165) is 28.5 Å². The van der Waals surface area contributed by atoms with Crippen molar-refractivity contribution in [3.63, 3.8) is 0 Å². The third-order valence-electron chi connectivity index (χ3n) is 7.19. The van der Waals surface area contributed by atoms with E-state index in [1.807, 2.05) is 70.3 Å². The first-order valence-electron chi connectivity index (χ1n) is 13.6. The van der Waals surface area contributed by atoms with Gasteiger partial charge in [0, 0.05) is 23.5 Å². The Labute approximate surface area is 229 Å². The standard InChI is InChI=1S/C33H36N2O4/c1-6-22-15-16-24-23(19-35(30(24)18-22)32(37)39-33(3,4)5)17-21(2)34-31(36)38-20-29-27-13-9-7-11-25(27)26-12-8-10-14-28(26)29/h7-16,18-19,21,29H,6,17,20H2,1-5H3,(H,34,36). The number of fused-ring (bicyclic) bond motifs is 4. The normalized spacial score (nSPS) is 13.6. The van der Waals surface area contributed by atoms with E-state index in [9.17, 15) is 9.59 Å². The fraction of sp³-hybridized carbons (Fsp3) is 0.333. The zero-order valence-corrected chi connectivity index (χ0v) is 23.3. The first kappa shape index (κ1) is 26.5. The van der Waals surface area contributed by atoms with E-state index in [1.54, 1.807) is 4.57 Å². The van der Waals surface area contributed by atoms with E-state index in [2.05, 4.69) is 42.6 Å². The molecule has 0 saturated heterocycles. The molecule has 4 aromatic rings. The highest BCUT2D eigenvalue weighted by molar-refractivity contribution is 5.92. The summed E-state index contributed by atoms with van der Waals surface area (Å²) < 4.78 is 13.0. The van der Waals surface area contributed by atoms with Crippen LogP contribution in [0.25, 0.3) is 22.0 Å². The summed E-state index contributed by atoms with van der Waals surface area (Å²) in [6, 6.07) is 22.5. The van der Waals surface area contributed by atoms with Crippen LogP contribution in [-0.2, 0) is 22.3 Å². The molecule has 0 bridgehead atoms. The monoisotopic (exact) mass is 524 g/mol. The van der Waals surface area contributed by atoms with Gasteiger partial charge in [-0.1, -0.05) is 67.6 Å². The van der Waals surface area contributed by atoms with Crippen LogP contribution in [0.3, 0.4) is 0 Å². The number of rotatable bonds is 6.